The monoisotopic (exact) mass is 398 g/mol. The average Bonchev–Trinajstić information content (AvgIpc) is 3.35. The van der Waals surface area contributed by atoms with E-state index in [4.69, 9.17) is 0 Å². The van der Waals surface area contributed by atoms with Gasteiger partial charge in [-0.1, -0.05) is 18.2 Å². The van der Waals surface area contributed by atoms with Gasteiger partial charge in [0.1, 0.15) is 0 Å². The molecule has 2 heterocycles. The predicted octanol–water partition coefficient (Wildman–Crippen LogP) is 5.04. The normalized spacial score (nSPS) is 10.6. The van der Waals surface area contributed by atoms with Gasteiger partial charge in [-0.05, 0) is 53.9 Å². The van der Waals surface area contributed by atoms with E-state index < -0.39 is 0 Å². The Labute approximate surface area is 167 Å². The van der Waals surface area contributed by atoms with E-state index in [2.05, 4.69) is 11.4 Å². The molecule has 6 heteroatoms. The molecule has 0 unspecified atom stereocenters. The molecule has 0 saturated heterocycles. The molecule has 2 aromatic heterocycles. The largest absolute Gasteiger partial charge is 0.337 e. The van der Waals surface area contributed by atoms with Gasteiger partial charge in [-0.3, -0.25) is 9.59 Å². The topological polar surface area (TPSA) is 49.4 Å². The molecule has 0 bridgehead atoms. The van der Waals surface area contributed by atoms with E-state index in [9.17, 15) is 9.59 Å². The van der Waals surface area contributed by atoms with Crippen molar-refractivity contribution in [1.82, 2.24) is 4.90 Å². The SMILES string of the molecule is CN(Cc1cccs1)C(=O)c1cccc(NC(=O)CCCc2cccs2)c1. The fourth-order valence-electron chi connectivity index (χ4n) is 2.76. The van der Waals surface area contributed by atoms with Crippen molar-refractivity contribution in [2.45, 2.75) is 25.8 Å². The van der Waals surface area contributed by atoms with Gasteiger partial charge in [0.05, 0.1) is 6.54 Å². The minimum Gasteiger partial charge on any atom is -0.337 e. The lowest BCUT2D eigenvalue weighted by atomic mass is 10.1. The second kappa shape index (κ2) is 9.48. The van der Waals surface area contributed by atoms with Crippen molar-refractivity contribution in [3.8, 4) is 0 Å². The molecule has 0 fully saturated rings. The van der Waals surface area contributed by atoms with Crippen LogP contribution in [0.2, 0.25) is 0 Å². The molecule has 27 heavy (non-hydrogen) atoms. The summed E-state index contributed by atoms with van der Waals surface area (Å²) in [7, 11) is 1.79. The molecule has 4 nitrogen and oxygen atoms in total. The van der Waals surface area contributed by atoms with Crippen LogP contribution < -0.4 is 5.32 Å². The fourth-order valence-corrected chi connectivity index (χ4v) is 4.27. The molecule has 1 aromatic carbocycles. The number of nitrogens with one attached hydrogen (secondary N) is 1. The second-order valence-corrected chi connectivity index (χ2v) is 8.37. The number of hydrogen-bond donors (Lipinski definition) is 1. The van der Waals surface area contributed by atoms with Gasteiger partial charge in [-0.25, -0.2) is 0 Å². The van der Waals surface area contributed by atoms with E-state index in [1.54, 1.807) is 52.8 Å². The Kier molecular flexibility index (Phi) is 6.79. The maximum atomic E-state index is 12.6. The van der Waals surface area contributed by atoms with Gasteiger partial charge in [-0.15, -0.1) is 22.7 Å². The molecular formula is C21H22N2O2S2. The second-order valence-electron chi connectivity index (χ2n) is 6.30. The summed E-state index contributed by atoms with van der Waals surface area (Å²) >= 11 is 3.35. The number of thiophene rings is 2. The molecule has 0 aliphatic carbocycles. The predicted molar refractivity (Wildman–Crippen MR) is 112 cm³/mol. The van der Waals surface area contributed by atoms with Crippen LogP contribution in [0.5, 0.6) is 0 Å². The molecule has 0 radical (unpaired) electrons. The minimum absolute atomic E-state index is 0.0249. The Balaban J connectivity index is 1.53. The zero-order valence-electron chi connectivity index (χ0n) is 15.2. The van der Waals surface area contributed by atoms with Crippen LogP contribution in [0.25, 0.3) is 0 Å². The first kappa shape index (κ1) is 19.3. The molecule has 0 spiro atoms. The lowest BCUT2D eigenvalue weighted by Gasteiger charge is -2.17. The van der Waals surface area contributed by atoms with Gasteiger partial charge >= 0.3 is 0 Å². The Morgan fingerprint density at radius 1 is 1.00 bits per heavy atom. The van der Waals surface area contributed by atoms with E-state index >= 15 is 0 Å². The van der Waals surface area contributed by atoms with Crippen molar-refractivity contribution < 1.29 is 9.59 Å². The van der Waals surface area contributed by atoms with Crippen LogP contribution >= 0.6 is 22.7 Å². The van der Waals surface area contributed by atoms with Crippen molar-refractivity contribution >= 4 is 40.2 Å². The van der Waals surface area contributed by atoms with Gasteiger partial charge in [0.25, 0.3) is 5.91 Å². The van der Waals surface area contributed by atoms with E-state index in [1.807, 2.05) is 35.0 Å². The van der Waals surface area contributed by atoms with Gasteiger partial charge in [0.15, 0.2) is 0 Å². The van der Waals surface area contributed by atoms with Gasteiger partial charge in [0.2, 0.25) is 5.91 Å². The zero-order chi connectivity index (χ0) is 19.1. The lowest BCUT2D eigenvalue weighted by molar-refractivity contribution is -0.116. The Bertz CT molecular complexity index is 873. The molecular weight excluding hydrogens is 376 g/mol. The first-order valence-electron chi connectivity index (χ1n) is 8.82. The third kappa shape index (κ3) is 5.77. The van der Waals surface area contributed by atoms with E-state index in [-0.39, 0.29) is 11.8 Å². The molecule has 0 aliphatic rings. The quantitative estimate of drug-likeness (QED) is 0.578. The number of anilines is 1. The van der Waals surface area contributed by atoms with E-state index in [1.165, 1.54) is 4.88 Å². The van der Waals surface area contributed by atoms with Crippen LogP contribution in [-0.4, -0.2) is 23.8 Å². The van der Waals surface area contributed by atoms with Gasteiger partial charge in [0, 0.05) is 34.5 Å². The molecule has 0 atom stereocenters. The van der Waals surface area contributed by atoms with Crippen LogP contribution in [0.15, 0.2) is 59.3 Å². The van der Waals surface area contributed by atoms with Crippen LogP contribution in [-0.2, 0) is 17.8 Å². The number of amides is 2. The number of rotatable bonds is 8. The zero-order valence-corrected chi connectivity index (χ0v) is 16.8. The molecule has 3 aromatic rings. The van der Waals surface area contributed by atoms with Crippen molar-refractivity contribution in [2.24, 2.45) is 0 Å². The Morgan fingerprint density at radius 3 is 2.44 bits per heavy atom. The first-order valence-corrected chi connectivity index (χ1v) is 10.6. The van der Waals surface area contributed by atoms with Gasteiger partial charge < -0.3 is 10.2 Å². The van der Waals surface area contributed by atoms with Crippen molar-refractivity contribution in [1.29, 1.82) is 0 Å². The average molecular weight is 399 g/mol. The Morgan fingerprint density at radius 2 is 1.74 bits per heavy atom. The summed E-state index contributed by atoms with van der Waals surface area (Å²) in [4.78, 5) is 28.9. The maximum absolute atomic E-state index is 12.6. The van der Waals surface area contributed by atoms with Crippen LogP contribution in [0, 0.1) is 0 Å². The molecule has 0 aliphatic heterocycles. The summed E-state index contributed by atoms with van der Waals surface area (Å²) in [5.74, 6) is -0.0831. The summed E-state index contributed by atoms with van der Waals surface area (Å²) in [6.45, 7) is 0.579. The highest BCUT2D eigenvalue weighted by Gasteiger charge is 2.13. The number of carbonyl (C=O) groups is 2. The van der Waals surface area contributed by atoms with Crippen LogP contribution in [0.3, 0.4) is 0 Å². The van der Waals surface area contributed by atoms with Crippen LogP contribution in [0.1, 0.15) is 33.0 Å². The minimum atomic E-state index is -0.0582. The van der Waals surface area contributed by atoms with Crippen molar-refractivity contribution in [3.05, 3.63) is 74.6 Å². The fraction of sp³-hybridized carbons (Fsp3) is 0.238. The highest BCUT2D eigenvalue weighted by Crippen LogP contribution is 2.17. The standard InChI is InChI=1S/C21H22N2O2S2/c1-23(15-19-10-5-13-27-19)21(25)16-6-2-7-17(14-16)22-20(24)11-3-8-18-9-4-12-26-18/h2,4-7,9-10,12-14H,3,8,11,15H2,1H3,(H,22,24). The molecule has 140 valence electrons. The van der Waals surface area contributed by atoms with Crippen molar-refractivity contribution in [3.63, 3.8) is 0 Å². The van der Waals surface area contributed by atoms with Crippen LogP contribution in [0.4, 0.5) is 5.69 Å². The van der Waals surface area contributed by atoms with E-state index in [0.29, 0.717) is 24.2 Å². The number of aryl methyl sites for hydroxylation is 1. The third-order valence-electron chi connectivity index (χ3n) is 4.12. The maximum Gasteiger partial charge on any atom is 0.253 e. The Hall–Kier alpha value is -2.44. The molecule has 3 rings (SSSR count). The molecule has 0 saturated carbocycles. The highest BCUT2D eigenvalue weighted by molar-refractivity contribution is 7.10. The van der Waals surface area contributed by atoms with Gasteiger partial charge in [-0.2, -0.15) is 0 Å². The lowest BCUT2D eigenvalue weighted by Crippen LogP contribution is -2.25. The number of hydrogen-bond acceptors (Lipinski definition) is 4. The summed E-state index contributed by atoms with van der Waals surface area (Å²) in [6, 6.07) is 15.2. The smallest absolute Gasteiger partial charge is 0.253 e. The first-order chi connectivity index (χ1) is 13.1. The molecule has 1 N–H and O–H groups in total. The van der Waals surface area contributed by atoms with E-state index in [0.717, 1.165) is 17.7 Å². The van der Waals surface area contributed by atoms with Crippen molar-refractivity contribution in [2.75, 3.05) is 12.4 Å². The number of carbonyl (C=O) groups excluding carboxylic acids is 2. The summed E-state index contributed by atoms with van der Waals surface area (Å²) in [5, 5.41) is 6.95. The third-order valence-corrected chi connectivity index (χ3v) is 5.92. The summed E-state index contributed by atoms with van der Waals surface area (Å²) in [5.41, 5.74) is 1.23. The summed E-state index contributed by atoms with van der Waals surface area (Å²) < 4.78 is 0. The highest BCUT2D eigenvalue weighted by atomic mass is 32.1. The molecule has 2 amide bonds. The number of benzene rings is 1. The summed E-state index contributed by atoms with van der Waals surface area (Å²) in [6.07, 6.45) is 2.19. The number of nitrogens with zero attached hydrogens (tertiary/aromatic N) is 1.